The molecule has 1 aliphatic rings. The van der Waals surface area contributed by atoms with Gasteiger partial charge in [-0.2, -0.15) is 0 Å². The van der Waals surface area contributed by atoms with Crippen molar-refractivity contribution >= 4 is 17.4 Å². The molecule has 0 spiro atoms. The zero-order valence-corrected chi connectivity index (χ0v) is 13.3. The average molecular weight is 311 g/mol. The normalized spacial score (nSPS) is 14.4. The maximum absolute atomic E-state index is 12.3. The summed E-state index contributed by atoms with van der Waals surface area (Å²) in [6.07, 6.45) is 5.58. The standard InChI is InChI=1S/C18H21N3O2/c1-23-16-8-4-3-7-15(16)18(22)20-17-10-9-14(13-19-17)21-11-5-2-6-12-21/h3-4,7-10,13H,2,5-6,11-12H2,1H3,(H,19,20,22). The van der Waals surface area contributed by atoms with Crippen molar-refractivity contribution in [3.63, 3.8) is 0 Å². The Morgan fingerprint density at radius 3 is 2.61 bits per heavy atom. The molecule has 5 nitrogen and oxygen atoms in total. The fourth-order valence-electron chi connectivity index (χ4n) is 2.82. The van der Waals surface area contributed by atoms with Crippen LogP contribution in [0.1, 0.15) is 29.6 Å². The summed E-state index contributed by atoms with van der Waals surface area (Å²) in [7, 11) is 1.55. The second-order valence-corrected chi connectivity index (χ2v) is 5.60. The van der Waals surface area contributed by atoms with Crippen LogP contribution in [0.3, 0.4) is 0 Å². The molecule has 1 aliphatic heterocycles. The van der Waals surface area contributed by atoms with E-state index in [2.05, 4.69) is 15.2 Å². The molecule has 5 heteroatoms. The highest BCUT2D eigenvalue weighted by atomic mass is 16.5. The number of methoxy groups -OCH3 is 1. The van der Waals surface area contributed by atoms with E-state index in [0.29, 0.717) is 17.1 Å². The molecular weight excluding hydrogens is 290 g/mol. The molecule has 1 aromatic heterocycles. The summed E-state index contributed by atoms with van der Waals surface area (Å²) in [4.78, 5) is 19.0. The quantitative estimate of drug-likeness (QED) is 0.941. The van der Waals surface area contributed by atoms with E-state index in [4.69, 9.17) is 4.74 Å². The van der Waals surface area contributed by atoms with E-state index in [-0.39, 0.29) is 5.91 Å². The Hall–Kier alpha value is -2.56. The Labute approximate surface area is 136 Å². The first-order chi connectivity index (χ1) is 11.3. The maximum atomic E-state index is 12.3. The number of nitrogens with one attached hydrogen (secondary N) is 1. The van der Waals surface area contributed by atoms with Crippen LogP contribution in [0, 0.1) is 0 Å². The Balaban J connectivity index is 1.69. The minimum absolute atomic E-state index is 0.222. The van der Waals surface area contributed by atoms with Gasteiger partial charge in [-0.05, 0) is 43.5 Å². The van der Waals surface area contributed by atoms with E-state index in [1.54, 1.807) is 19.2 Å². The molecule has 1 N–H and O–H groups in total. The second-order valence-electron chi connectivity index (χ2n) is 5.60. The second kappa shape index (κ2) is 7.13. The molecule has 0 saturated carbocycles. The average Bonchev–Trinajstić information content (AvgIpc) is 2.63. The van der Waals surface area contributed by atoms with Gasteiger partial charge in [0.05, 0.1) is 24.6 Å². The third kappa shape index (κ3) is 3.62. The van der Waals surface area contributed by atoms with Crippen LogP contribution in [0.15, 0.2) is 42.6 Å². The molecule has 0 unspecified atom stereocenters. The van der Waals surface area contributed by atoms with Gasteiger partial charge < -0.3 is 15.0 Å². The number of aromatic nitrogens is 1. The molecule has 2 heterocycles. The van der Waals surface area contributed by atoms with Crippen LogP contribution in [0.5, 0.6) is 5.75 Å². The summed E-state index contributed by atoms with van der Waals surface area (Å²) in [6.45, 7) is 2.16. The van der Waals surface area contributed by atoms with Crippen LogP contribution in [0.2, 0.25) is 0 Å². The first-order valence-electron chi connectivity index (χ1n) is 7.93. The van der Waals surface area contributed by atoms with Crippen molar-refractivity contribution in [3.8, 4) is 5.75 Å². The highest BCUT2D eigenvalue weighted by molar-refractivity contribution is 6.05. The van der Waals surface area contributed by atoms with Gasteiger partial charge in [0.25, 0.3) is 5.91 Å². The van der Waals surface area contributed by atoms with Crippen LogP contribution in [-0.4, -0.2) is 31.1 Å². The number of ether oxygens (including phenoxy) is 1. The van der Waals surface area contributed by atoms with Gasteiger partial charge in [-0.3, -0.25) is 4.79 Å². The lowest BCUT2D eigenvalue weighted by Crippen LogP contribution is -2.29. The van der Waals surface area contributed by atoms with E-state index in [0.717, 1.165) is 18.8 Å². The van der Waals surface area contributed by atoms with Crippen LogP contribution in [-0.2, 0) is 0 Å². The summed E-state index contributed by atoms with van der Waals surface area (Å²) in [5, 5.41) is 2.81. The van der Waals surface area contributed by atoms with Gasteiger partial charge in [0, 0.05) is 13.1 Å². The molecule has 120 valence electrons. The molecule has 0 aliphatic carbocycles. The first-order valence-corrected chi connectivity index (χ1v) is 7.93. The number of hydrogen-bond acceptors (Lipinski definition) is 4. The maximum Gasteiger partial charge on any atom is 0.260 e. The van der Waals surface area contributed by atoms with Crippen LogP contribution in [0.25, 0.3) is 0 Å². The lowest BCUT2D eigenvalue weighted by molar-refractivity contribution is 0.102. The van der Waals surface area contributed by atoms with Crippen molar-refractivity contribution in [1.29, 1.82) is 0 Å². The Morgan fingerprint density at radius 2 is 1.91 bits per heavy atom. The van der Waals surface area contributed by atoms with Crippen LogP contribution >= 0.6 is 0 Å². The lowest BCUT2D eigenvalue weighted by atomic mass is 10.1. The highest BCUT2D eigenvalue weighted by Gasteiger charge is 2.14. The molecule has 1 amide bonds. The fraction of sp³-hybridized carbons (Fsp3) is 0.333. The van der Waals surface area contributed by atoms with E-state index >= 15 is 0 Å². The van der Waals surface area contributed by atoms with Crippen molar-refractivity contribution in [3.05, 3.63) is 48.2 Å². The largest absolute Gasteiger partial charge is 0.496 e. The van der Waals surface area contributed by atoms with Crippen molar-refractivity contribution < 1.29 is 9.53 Å². The van der Waals surface area contributed by atoms with Gasteiger partial charge in [0.1, 0.15) is 11.6 Å². The van der Waals surface area contributed by atoms with Crippen molar-refractivity contribution in [2.45, 2.75) is 19.3 Å². The monoisotopic (exact) mass is 311 g/mol. The number of piperidine rings is 1. The topological polar surface area (TPSA) is 54.5 Å². The molecule has 2 aromatic rings. The number of amides is 1. The van der Waals surface area contributed by atoms with Crippen LogP contribution < -0.4 is 15.0 Å². The summed E-state index contributed by atoms with van der Waals surface area (Å²) in [6, 6.07) is 11.0. The molecule has 0 atom stereocenters. The molecule has 3 rings (SSSR count). The van der Waals surface area contributed by atoms with Gasteiger partial charge >= 0.3 is 0 Å². The van der Waals surface area contributed by atoms with Gasteiger partial charge in [0.15, 0.2) is 0 Å². The third-order valence-corrected chi connectivity index (χ3v) is 4.06. The van der Waals surface area contributed by atoms with Crippen molar-refractivity contribution in [1.82, 2.24) is 4.98 Å². The molecule has 1 fully saturated rings. The van der Waals surface area contributed by atoms with Crippen LogP contribution in [0.4, 0.5) is 11.5 Å². The summed E-state index contributed by atoms with van der Waals surface area (Å²) in [5.74, 6) is 0.872. The summed E-state index contributed by atoms with van der Waals surface area (Å²) >= 11 is 0. The minimum atomic E-state index is -0.222. The summed E-state index contributed by atoms with van der Waals surface area (Å²) in [5.41, 5.74) is 1.61. The number of carbonyl (C=O) groups is 1. The number of carbonyl (C=O) groups excluding carboxylic acids is 1. The smallest absolute Gasteiger partial charge is 0.260 e. The lowest BCUT2D eigenvalue weighted by Gasteiger charge is -2.28. The fourth-order valence-corrected chi connectivity index (χ4v) is 2.82. The number of benzene rings is 1. The number of para-hydroxylation sites is 1. The van der Waals surface area contributed by atoms with Gasteiger partial charge in [0.2, 0.25) is 0 Å². The molecule has 23 heavy (non-hydrogen) atoms. The SMILES string of the molecule is COc1ccccc1C(=O)Nc1ccc(N2CCCCC2)cn1. The zero-order valence-electron chi connectivity index (χ0n) is 13.3. The Kier molecular flexibility index (Phi) is 4.76. The van der Waals surface area contributed by atoms with E-state index in [1.165, 1.54) is 19.3 Å². The number of nitrogens with zero attached hydrogens (tertiary/aromatic N) is 2. The predicted molar refractivity (Wildman–Crippen MR) is 91.2 cm³/mol. The van der Waals surface area contributed by atoms with E-state index in [9.17, 15) is 4.79 Å². The molecule has 0 radical (unpaired) electrons. The third-order valence-electron chi connectivity index (χ3n) is 4.06. The molecule has 1 aromatic carbocycles. The van der Waals surface area contributed by atoms with Crippen molar-refractivity contribution in [2.24, 2.45) is 0 Å². The minimum Gasteiger partial charge on any atom is -0.496 e. The molecular formula is C18H21N3O2. The number of anilines is 2. The molecule has 1 saturated heterocycles. The van der Waals surface area contributed by atoms with E-state index in [1.807, 2.05) is 30.5 Å². The summed E-state index contributed by atoms with van der Waals surface area (Å²) < 4.78 is 5.21. The number of hydrogen-bond donors (Lipinski definition) is 1. The van der Waals surface area contributed by atoms with E-state index < -0.39 is 0 Å². The number of pyridine rings is 1. The Morgan fingerprint density at radius 1 is 1.13 bits per heavy atom. The highest BCUT2D eigenvalue weighted by Crippen LogP contribution is 2.21. The zero-order chi connectivity index (χ0) is 16.1. The van der Waals surface area contributed by atoms with Gasteiger partial charge in [-0.15, -0.1) is 0 Å². The molecule has 0 bridgehead atoms. The Bertz CT molecular complexity index is 664. The van der Waals surface area contributed by atoms with Crippen molar-refractivity contribution in [2.75, 3.05) is 30.4 Å². The first kappa shape index (κ1) is 15.3. The predicted octanol–water partition coefficient (Wildman–Crippen LogP) is 3.33. The van der Waals surface area contributed by atoms with Gasteiger partial charge in [-0.1, -0.05) is 12.1 Å². The number of rotatable bonds is 4. The van der Waals surface area contributed by atoms with Gasteiger partial charge in [-0.25, -0.2) is 4.98 Å².